The Kier molecular flexibility index (Phi) is 7.82. The molecule has 31 heavy (non-hydrogen) atoms. The second-order valence-corrected chi connectivity index (χ2v) is 7.64. The van der Waals surface area contributed by atoms with E-state index in [1.165, 1.54) is 0 Å². The number of hydrogen-bond acceptors (Lipinski definition) is 3. The molecular formula is C26H28N2O3. The zero-order valence-corrected chi connectivity index (χ0v) is 17.9. The van der Waals surface area contributed by atoms with Crippen molar-refractivity contribution in [1.29, 1.82) is 0 Å². The SMILES string of the molecule is CC(C)c1ccccc1OCC(=O)Nc1ccc(NC(=O)CCc2ccccc2)cc1. The van der Waals surface area contributed by atoms with Gasteiger partial charge in [-0.3, -0.25) is 9.59 Å². The summed E-state index contributed by atoms with van der Waals surface area (Å²) in [4.78, 5) is 24.4. The highest BCUT2D eigenvalue weighted by molar-refractivity contribution is 5.93. The average Bonchev–Trinajstić information content (AvgIpc) is 2.78. The summed E-state index contributed by atoms with van der Waals surface area (Å²) in [7, 11) is 0. The van der Waals surface area contributed by atoms with E-state index in [4.69, 9.17) is 4.74 Å². The Hall–Kier alpha value is -3.60. The van der Waals surface area contributed by atoms with Crippen LogP contribution in [0.3, 0.4) is 0 Å². The van der Waals surface area contributed by atoms with Crippen molar-refractivity contribution >= 4 is 23.2 Å². The third kappa shape index (κ3) is 7.00. The smallest absolute Gasteiger partial charge is 0.262 e. The van der Waals surface area contributed by atoms with Gasteiger partial charge < -0.3 is 15.4 Å². The number of hydrogen-bond donors (Lipinski definition) is 2. The van der Waals surface area contributed by atoms with E-state index in [1.807, 2.05) is 54.6 Å². The second kappa shape index (κ2) is 11.0. The predicted molar refractivity (Wildman–Crippen MR) is 124 cm³/mol. The molecule has 2 N–H and O–H groups in total. The Morgan fingerprint density at radius 3 is 2.00 bits per heavy atom. The third-order valence-corrected chi connectivity index (χ3v) is 4.84. The zero-order chi connectivity index (χ0) is 22.1. The van der Waals surface area contributed by atoms with E-state index in [2.05, 4.69) is 24.5 Å². The fraction of sp³-hybridized carbons (Fsp3) is 0.231. The lowest BCUT2D eigenvalue weighted by Crippen LogP contribution is -2.20. The summed E-state index contributed by atoms with van der Waals surface area (Å²) in [6.45, 7) is 4.11. The molecule has 0 fully saturated rings. The van der Waals surface area contributed by atoms with Gasteiger partial charge in [-0.2, -0.15) is 0 Å². The normalized spacial score (nSPS) is 10.5. The van der Waals surface area contributed by atoms with E-state index in [1.54, 1.807) is 24.3 Å². The molecule has 0 atom stereocenters. The standard InChI is InChI=1S/C26H28N2O3/c1-19(2)23-10-6-7-11-24(23)31-18-26(30)28-22-15-13-21(14-16-22)27-25(29)17-12-20-8-4-3-5-9-20/h3-11,13-16,19H,12,17-18H2,1-2H3,(H,27,29)(H,28,30). The molecule has 0 aromatic heterocycles. The Bertz CT molecular complexity index is 999. The molecule has 0 bridgehead atoms. The largest absolute Gasteiger partial charge is 0.483 e. The summed E-state index contributed by atoms with van der Waals surface area (Å²) < 4.78 is 5.70. The van der Waals surface area contributed by atoms with Crippen LogP contribution in [-0.2, 0) is 16.0 Å². The number of carbonyl (C=O) groups excluding carboxylic acids is 2. The van der Waals surface area contributed by atoms with E-state index >= 15 is 0 Å². The van der Waals surface area contributed by atoms with Crippen molar-refractivity contribution in [3.8, 4) is 5.75 Å². The van der Waals surface area contributed by atoms with Crippen LogP contribution < -0.4 is 15.4 Å². The molecule has 3 aromatic rings. The van der Waals surface area contributed by atoms with Crippen LogP contribution in [-0.4, -0.2) is 18.4 Å². The van der Waals surface area contributed by atoms with Gasteiger partial charge in [0.2, 0.25) is 5.91 Å². The number of aryl methyl sites for hydroxylation is 1. The summed E-state index contributed by atoms with van der Waals surface area (Å²) in [6.07, 6.45) is 1.11. The van der Waals surface area contributed by atoms with Crippen molar-refractivity contribution in [2.45, 2.75) is 32.6 Å². The Morgan fingerprint density at radius 1 is 0.774 bits per heavy atom. The molecule has 5 nitrogen and oxygen atoms in total. The number of para-hydroxylation sites is 1. The maximum atomic E-state index is 12.2. The van der Waals surface area contributed by atoms with E-state index in [0.717, 1.165) is 16.9 Å². The first kappa shape index (κ1) is 22.1. The van der Waals surface area contributed by atoms with Gasteiger partial charge in [0.25, 0.3) is 5.91 Å². The molecule has 0 spiro atoms. The number of carbonyl (C=O) groups is 2. The molecule has 0 saturated heterocycles. The quantitative estimate of drug-likeness (QED) is 0.491. The van der Waals surface area contributed by atoms with Crippen molar-refractivity contribution in [3.05, 3.63) is 90.0 Å². The molecule has 0 saturated carbocycles. The number of amides is 2. The molecule has 3 aromatic carbocycles. The second-order valence-electron chi connectivity index (χ2n) is 7.64. The minimum Gasteiger partial charge on any atom is -0.483 e. The summed E-state index contributed by atoms with van der Waals surface area (Å²) in [5.41, 5.74) is 3.54. The van der Waals surface area contributed by atoms with Gasteiger partial charge in [0.1, 0.15) is 5.75 Å². The fourth-order valence-corrected chi connectivity index (χ4v) is 3.19. The maximum absolute atomic E-state index is 12.2. The molecule has 0 aliphatic carbocycles. The molecule has 0 aliphatic rings. The van der Waals surface area contributed by atoms with Gasteiger partial charge in [0.05, 0.1) is 0 Å². The molecular weight excluding hydrogens is 388 g/mol. The minimum atomic E-state index is -0.238. The lowest BCUT2D eigenvalue weighted by Gasteiger charge is -2.14. The highest BCUT2D eigenvalue weighted by atomic mass is 16.5. The van der Waals surface area contributed by atoms with Gasteiger partial charge in [-0.1, -0.05) is 62.4 Å². The average molecular weight is 417 g/mol. The predicted octanol–water partition coefficient (Wildman–Crippen LogP) is 5.40. The van der Waals surface area contributed by atoms with Crippen LogP contribution >= 0.6 is 0 Å². The van der Waals surface area contributed by atoms with Crippen molar-refractivity contribution < 1.29 is 14.3 Å². The van der Waals surface area contributed by atoms with Gasteiger partial charge in [0.15, 0.2) is 6.61 Å². The fourth-order valence-electron chi connectivity index (χ4n) is 3.19. The first-order valence-electron chi connectivity index (χ1n) is 10.5. The van der Waals surface area contributed by atoms with E-state index in [-0.39, 0.29) is 18.4 Å². The summed E-state index contributed by atoms with van der Waals surface area (Å²) >= 11 is 0. The van der Waals surface area contributed by atoms with Crippen molar-refractivity contribution in [2.24, 2.45) is 0 Å². The third-order valence-electron chi connectivity index (χ3n) is 4.84. The van der Waals surface area contributed by atoms with Gasteiger partial charge in [-0.25, -0.2) is 0 Å². The van der Waals surface area contributed by atoms with Crippen molar-refractivity contribution in [3.63, 3.8) is 0 Å². The van der Waals surface area contributed by atoms with Crippen LogP contribution in [0.15, 0.2) is 78.9 Å². The molecule has 160 valence electrons. The molecule has 3 rings (SSSR count). The number of rotatable bonds is 9. The zero-order valence-electron chi connectivity index (χ0n) is 17.9. The molecule has 0 heterocycles. The van der Waals surface area contributed by atoms with Crippen LogP contribution in [0.5, 0.6) is 5.75 Å². The van der Waals surface area contributed by atoms with E-state index in [0.29, 0.717) is 30.1 Å². The summed E-state index contributed by atoms with van der Waals surface area (Å²) in [6, 6.07) is 24.7. The molecule has 2 amide bonds. The maximum Gasteiger partial charge on any atom is 0.262 e. The van der Waals surface area contributed by atoms with Gasteiger partial charge in [0, 0.05) is 17.8 Å². The highest BCUT2D eigenvalue weighted by Gasteiger charge is 2.10. The highest BCUT2D eigenvalue weighted by Crippen LogP contribution is 2.25. The van der Waals surface area contributed by atoms with E-state index < -0.39 is 0 Å². The summed E-state index contributed by atoms with van der Waals surface area (Å²) in [5, 5.41) is 5.69. The topological polar surface area (TPSA) is 67.4 Å². The summed E-state index contributed by atoms with van der Waals surface area (Å²) in [5.74, 6) is 0.756. The first-order chi connectivity index (χ1) is 15.0. The number of benzene rings is 3. The number of nitrogens with one attached hydrogen (secondary N) is 2. The molecule has 5 heteroatoms. The monoisotopic (exact) mass is 416 g/mol. The van der Waals surface area contributed by atoms with Gasteiger partial charge in [-0.15, -0.1) is 0 Å². The lowest BCUT2D eigenvalue weighted by atomic mass is 10.0. The Labute approximate surface area is 183 Å². The Balaban J connectivity index is 1.45. The molecule has 0 unspecified atom stereocenters. The first-order valence-corrected chi connectivity index (χ1v) is 10.5. The Morgan fingerprint density at radius 2 is 1.35 bits per heavy atom. The van der Waals surface area contributed by atoms with Crippen LogP contribution in [0, 0.1) is 0 Å². The van der Waals surface area contributed by atoms with Crippen molar-refractivity contribution in [1.82, 2.24) is 0 Å². The van der Waals surface area contributed by atoms with Crippen LogP contribution in [0.1, 0.15) is 37.3 Å². The molecule has 0 aliphatic heterocycles. The van der Waals surface area contributed by atoms with Crippen molar-refractivity contribution in [2.75, 3.05) is 17.2 Å². The van der Waals surface area contributed by atoms with Crippen LogP contribution in [0.2, 0.25) is 0 Å². The molecule has 0 radical (unpaired) electrons. The van der Waals surface area contributed by atoms with Crippen LogP contribution in [0.4, 0.5) is 11.4 Å². The number of ether oxygens (including phenoxy) is 1. The number of anilines is 2. The minimum absolute atomic E-state index is 0.0437. The van der Waals surface area contributed by atoms with Gasteiger partial charge >= 0.3 is 0 Å². The van der Waals surface area contributed by atoms with E-state index in [9.17, 15) is 9.59 Å². The van der Waals surface area contributed by atoms with Gasteiger partial charge in [-0.05, 0) is 53.8 Å². The van der Waals surface area contributed by atoms with Crippen LogP contribution in [0.25, 0.3) is 0 Å². The lowest BCUT2D eigenvalue weighted by molar-refractivity contribution is -0.118.